The van der Waals surface area contributed by atoms with Crippen LogP contribution in [0.1, 0.15) is 10.4 Å². The molecule has 2 aliphatic heterocycles. The van der Waals surface area contributed by atoms with Crippen LogP contribution >= 0.6 is 0 Å². The van der Waals surface area contributed by atoms with Crippen molar-refractivity contribution >= 4 is 16.9 Å². The zero-order valence-electron chi connectivity index (χ0n) is 12.2. The van der Waals surface area contributed by atoms with Gasteiger partial charge in [-0.05, 0) is 24.3 Å². The molecule has 0 spiro atoms. The first-order chi connectivity index (χ1) is 11.6. The molecule has 2 aliphatic rings. The fraction of sp³-hybridized carbons (Fsp3) is 0. The summed E-state index contributed by atoms with van der Waals surface area (Å²) >= 11 is 0. The highest BCUT2D eigenvalue weighted by Crippen LogP contribution is 2.27. The number of carboxylic acid groups (broad SMARTS) is 1. The van der Waals surface area contributed by atoms with Gasteiger partial charge in [0, 0.05) is 11.6 Å². The molecule has 0 bridgehead atoms. The highest BCUT2D eigenvalue weighted by molar-refractivity contribution is 5.93. The summed E-state index contributed by atoms with van der Waals surface area (Å²) < 4.78 is 15.0. The van der Waals surface area contributed by atoms with E-state index in [9.17, 15) is 14.0 Å². The van der Waals surface area contributed by atoms with Gasteiger partial charge in [-0.15, -0.1) is 0 Å². The lowest BCUT2D eigenvalue weighted by atomic mass is 10.1. The Morgan fingerprint density at radius 3 is 2.79 bits per heavy atom. The van der Waals surface area contributed by atoms with Crippen molar-refractivity contribution in [3.63, 3.8) is 0 Å². The van der Waals surface area contributed by atoms with Crippen LogP contribution in [0, 0.1) is 5.82 Å². The van der Waals surface area contributed by atoms with Gasteiger partial charge in [0.05, 0.1) is 22.3 Å². The Morgan fingerprint density at radius 1 is 1.21 bits per heavy atom. The number of nitrogens with one attached hydrogen (secondary N) is 1. The molecule has 0 saturated carbocycles. The van der Waals surface area contributed by atoms with Crippen LogP contribution in [-0.4, -0.2) is 25.8 Å². The van der Waals surface area contributed by atoms with Gasteiger partial charge in [0.2, 0.25) is 0 Å². The Labute approximate surface area is 134 Å². The fourth-order valence-corrected chi connectivity index (χ4v) is 2.70. The number of aromatic nitrogens is 3. The van der Waals surface area contributed by atoms with Gasteiger partial charge in [0.15, 0.2) is 0 Å². The standard InChI is InChI=1S/C17H10FN3O3/c18-13-6-2-5-11-14-12(8-19-15(11)13)16(22)21(20-14)10-4-1-3-9(7-10)17(23)24/h1-8,19H,(H,23,24). The summed E-state index contributed by atoms with van der Waals surface area (Å²) in [5.41, 5.74) is 0.890. The number of aromatic amines is 1. The summed E-state index contributed by atoms with van der Waals surface area (Å²) in [6.45, 7) is 0. The maximum atomic E-state index is 13.9. The minimum Gasteiger partial charge on any atom is -0.478 e. The van der Waals surface area contributed by atoms with Gasteiger partial charge in [-0.2, -0.15) is 9.78 Å². The Bertz CT molecular complexity index is 1130. The Morgan fingerprint density at radius 2 is 2.00 bits per heavy atom. The highest BCUT2D eigenvalue weighted by Gasteiger charge is 2.20. The number of H-pyrrole nitrogens is 1. The largest absolute Gasteiger partial charge is 0.478 e. The van der Waals surface area contributed by atoms with E-state index in [0.29, 0.717) is 22.3 Å². The van der Waals surface area contributed by atoms with Crippen molar-refractivity contribution in [2.75, 3.05) is 0 Å². The molecule has 0 fully saturated rings. The second-order valence-corrected chi connectivity index (χ2v) is 5.29. The molecule has 24 heavy (non-hydrogen) atoms. The third-order valence-corrected chi connectivity index (χ3v) is 3.85. The van der Waals surface area contributed by atoms with Crippen LogP contribution in [0.25, 0.3) is 27.8 Å². The van der Waals surface area contributed by atoms with Crippen LogP contribution < -0.4 is 5.56 Å². The first-order valence-corrected chi connectivity index (χ1v) is 7.08. The van der Waals surface area contributed by atoms with Crippen LogP contribution in [0.4, 0.5) is 4.39 Å². The van der Waals surface area contributed by atoms with Gasteiger partial charge in [0.1, 0.15) is 11.5 Å². The predicted molar refractivity (Wildman–Crippen MR) is 85.2 cm³/mol. The molecular formula is C17H10FN3O3. The monoisotopic (exact) mass is 323 g/mol. The van der Waals surface area contributed by atoms with Gasteiger partial charge in [0.25, 0.3) is 5.56 Å². The number of fused-ring (bicyclic) bond motifs is 3. The summed E-state index contributed by atoms with van der Waals surface area (Å²) in [6, 6.07) is 10.4. The number of rotatable bonds is 2. The van der Waals surface area contributed by atoms with Crippen molar-refractivity contribution in [1.82, 2.24) is 14.8 Å². The summed E-state index contributed by atoms with van der Waals surface area (Å²) in [5, 5.41) is 13.8. The van der Waals surface area contributed by atoms with E-state index in [1.165, 1.54) is 30.5 Å². The number of carbonyl (C=O) groups is 1. The normalized spacial score (nSPS) is 11.2. The molecule has 0 unspecified atom stereocenters. The third-order valence-electron chi connectivity index (χ3n) is 3.85. The van der Waals surface area contributed by atoms with Crippen molar-refractivity contribution in [3.8, 4) is 16.9 Å². The zero-order chi connectivity index (χ0) is 16.8. The molecule has 0 saturated heterocycles. The van der Waals surface area contributed by atoms with Crippen molar-refractivity contribution in [1.29, 1.82) is 0 Å². The van der Waals surface area contributed by atoms with E-state index in [-0.39, 0.29) is 11.1 Å². The molecule has 0 atom stereocenters. The average molecular weight is 323 g/mol. The number of hydrogen-bond donors (Lipinski definition) is 2. The second-order valence-electron chi connectivity index (χ2n) is 5.29. The summed E-state index contributed by atoms with van der Waals surface area (Å²) in [5.74, 6) is -1.54. The molecule has 2 heterocycles. The molecule has 0 radical (unpaired) electrons. The van der Waals surface area contributed by atoms with E-state index in [2.05, 4.69) is 10.1 Å². The summed E-state index contributed by atoms with van der Waals surface area (Å²) in [4.78, 5) is 26.5. The van der Waals surface area contributed by atoms with Crippen molar-refractivity contribution in [2.45, 2.75) is 0 Å². The van der Waals surface area contributed by atoms with E-state index in [1.54, 1.807) is 18.2 Å². The number of nitrogens with zero attached hydrogens (tertiary/aromatic N) is 2. The molecule has 4 rings (SSSR count). The van der Waals surface area contributed by atoms with E-state index in [1.807, 2.05) is 0 Å². The lowest BCUT2D eigenvalue weighted by Gasteiger charge is -2.03. The highest BCUT2D eigenvalue weighted by atomic mass is 19.1. The van der Waals surface area contributed by atoms with Crippen LogP contribution in [0.2, 0.25) is 0 Å². The van der Waals surface area contributed by atoms with Gasteiger partial charge < -0.3 is 10.1 Å². The van der Waals surface area contributed by atoms with Crippen LogP contribution in [0.5, 0.6) is 0 Å². The van der Waals surface area contributed by atoms with Crippen molar-refractivity contribution in [3.05, 3.63) is 70.4 Å². The molecule has 0 aromatic heterocycles. The van der Waals surface area contributed by atoms with Crippen LogP contribution in [0.3, 0.4) is 0 Å². The van der Waals surface area contributed by atoms with Crippen molar-refractivity contribution in [2.24, 2.45) is 0 Å². The lowest BCUT2D eigenvalue weighted by Crippen LogP contribution is -2.15. The number of aromatic carboxylic acids is 1. The van der Waals surface area contributed by atoms with E-state index in [0.717, 1.165) is 4.68 Å². The number of hydrogen-bond acceptors (Lipinski definition) is 3. The van der Waals surface area contributed by atoms with Gasteiger partial charge in [-0.25, -0.2) is 9.18 Å². The lowest BCUT2D eigenvalue weighted by molar-refractivity contribution is 0.0697. The molecule has 7 heteroatoms. The van der Waals surface area contributed by atoms with Gasteiger partial charge in [-0.3, -0.25) is 4.79 Å². The maximum Gasteiger partial charge on any atom is 0.335 e. The Kier molecular flexibility index (Phi) is 2.96. The third kappa shape index (κ3) is 1.98. The smallest absolute Gasteiger partial charge is 0.335 e. The van der Waals surface area contributed by atoms with E-state index < -0.39 is 17.3 Å². The zero-order valence-corrected chi connectivity index (χ0v) is 12.2. The van der Waals surface area contributed by atoms with Gasteiger partial charge in [-0.1, -0.05) is 18.2 Å². The average Bonchev–Trinajstić information content (AvgIpc) is 2.93. The molecule has 2 aromatic rings. The van der Waals surface area contributed by atoms with Gasteiger partial charge >= 0.3 is 5.97 Å². The molecule has 2 aromatic carbocycles. The number of benzene rings is 2. The summed E-state index contributed by atoms with van der Waals surface area (Å²) in [6.07, 6.45) is 1.41. The Hall–Kier alpha value is -3.48. The quantitative estimate of drug-likeness (QED) is 0.593. The minimum absolute atomic E-state index is 0.0499. The molecule has 0 amide bonds. The summed E-state index contributed by atoms with van der Waals surface area (Å²) in [7, 11) is 0. The number of halogens is 1. The molecule has 6 nitrogen and oxygen atoms in total. The minimum atomic E-state index is -1.10. The first-order valence-electron chi connectivity index (χ1n) is 7.08. The second kappa shape index (κ2) is 5.02. The van der Waals surface area contributed by atoms with E-state index >= 15 is 0 Å². The molecule has 118 valence electrons. The van der Waals surface area contributed by atoms with Crippen LogP contribution in [0.15, 0.2) is 53.5 Å². The van der Waals surface area contributed by atoms with Crippen molar-refractivity contribution < 1.29 is 14.3 Å². The molecule has 0 aliphatic carbocycles. The predicted octanol–water partition coefficient (Wildman–Crippen LogP) is 2.66. The molecular weight excluding hydrogens is 313 g/mol. The number of carboxylic acids is 1. The van der Waals surface area contributed by atoms with Crippen LogP contribution in [-0.2, 0) is 0 Å². The number of pyridine rings is 1. The van der Waals surface area contributed by atoms with E-state index in [4.69, 9.17) is 5.11 Å². The SMILES string of the molecule is O=C(O)c1cccc(-n2nc3c4cccc(F)c4[nH]cc-3c2=O)c1. The maximum absolute atomic E-state index is 13.9. The fourth-order valence-electron chi connectivity index (χ4n) is 2.70. The Balaban J connectivity index is 2.03. The topological polar surface area (TPSA) is 88.0 Å². The molecule has 2 N–H and O–H groups in total. The number of para-hydroxylation sites is 1. The first kappa shape index (κ1) is 14.1.